The zero-order valence-corrected chi connectivity index (χ0v) is 17.8. The Kier molecular flexibility index (Phi) is 6.18. The molecule has 0 saturated carbocycles. The molecule has 2 heterocycles. The van der Waals surface area contributed by atoms with Crippen molar-refractivity contribution in [1.82, 2.24) is 10.2 Å². The highest BCUT2D eigenvalue weighted by atomic mass is 16.5. The number of carbonyl (C=O) groups excluding carboxylic acids is 1. The lowest BCUT2D eigenvalue weighted by Crippen LogP contribution is -2.29. The van der Waals surface area contributed by atoms with E-state index in [-0.39, 0.29) is 29.7 Å². The summed E-state index contributed by atoms with van der Waals surface area (Å²) in [6.45, 7) is 6.33. The fourth-order valence-electron chi connectivity index (χ4n) is 3.62. The van der Waals surface area contributed by atoms with Gasteiger partial charge in [-0.3, -0.25) is 14.5 Å². The molecule has 3 aromatic rings. The summed E-state index contributed by atoms with van der Waals surface area (Å²) in [5, 5.41) is 2.85. The molecule has 1 aliphatic heterocycles. The van der Waals surface area contributed by atoms with Crippen molar-refractivity contribution in [2.24, 2.45) is 0 Å². The summed E-state index contributed by atoms with van der Waals surface area (Å²) >= 11 is 0. The van der Waals surface area contributed by atoms with Gasteiger partial charge in [-0.15, -0.1) is 0 Å². The number of carbonyl (C=O) groups is 1. The molecule has 0 saturated heterocycles. The number of benzene rings is 2. The van der Waals surface area contributed by atoms with E-state index in [9.17, 15) is 9.59 Å². The minimum absolute atomic E-state index is 0.0819. The second kappa shape index (κ2) is 9.18. The zero-order valence-electron chi connectivity index (χ0n) is 17.8. The number of nitrogens with one attached hydrogen (secondary N) is 1. The van der Waals surface area contributed by atoms with Gasteiger partial charge in [0.25, 0.3) is 5.91 Å². The Morgan fingerprint density at radius 2 is 1.77 bits per heavy atom. The molecule has 31 heavy (non-hydrogen) atoms. The van der Waals surface area contributed by atoms with E-state index in [1.54, 1.807) is 12.1 Å². The van der Waals surface area contributed by atoms with Crippen molar-refractivity contribution in [1.29, 1.82) is 0 Å². The van der Waals surface area contributed by atoms with Crippen LogP contribution in [0.5, 0.6) is 5.75 Å². The highest BCUT2D eigenvalue weighted by Gasteiger charge is 2.19. The van der Waals surface area contributed by atoms with Gasteiger partial charge in [-0.05, 0) is 42.7 Å². The molecule has 4 rings (SSSR count). The first-order valence-corrected chi connectivity index (χ1v) is 10.4. The van der Waals surface area contributed by atoms with Crippen LogP contribution in [-0.2, 0) is 26.2 Å². The summed E-state index contributed by atoms with van der Waals surface area (Å²) in [6.07, 6.45) is 1.38. The molecule has 2 aromatic carbocycles. The third-order valence-corrected chi connectivity index (χ3v) is 5.17. The lowest BCUT2D eigenvalue weighted by molar-refractivity contribution is 0.0943. The van der Waals surface area contributed by atoms with Crippen LogP contribution < -0.4 is 15.5 Å². The standard InChI is InChI=1S/C25H26N2O4/c1-17(2)26-25(29)19-9-7-18(8-10-19)15-31-24-16-30-22(11-23(24)28)14-27-12-20-5-3-4-6-21(20)13-27/h3-11,16-17H,12-15H2,1-2H3,(H,26,29). The van der Waals surface area contributed by atoms with Crippen molar-refractivity contribution in [2.45, 2.75) is 46.1 Å². The van der Waals surface area contributed by atoms with Crippen molar-refractivity contribution in [3.05, 3.63) is 99.1 Å². The minimum Gasteiger partial charge on any atom is -0.482 e. The number of ether oxygens (including phenoxy) is 1. The van der Waals surface area contributed by atoms with E-state index in [0.29, 0.717) is 17.9 Å². The largest absolute Gasteiger partial charge is 0.482 e. The van der Waals surface area contributed by atoms with Crippen LogP contribution in [0, 0.1) is 0 Å². The number of rotatable bonds is 7. The number of amides is 1. The van der Waals surface area contributed by atoms with Gasteiger partial charge in [-0.1, -0.05) is 36.4 Å². The number of fused-ring (bicyclic) bond motifs is 1. The minimum atomic E-state index is -0.203. The zero-order chi connectivity index (χ0) is 21.8. The molecule has 0 fully saturated rings. The van der Waals surface area contributed by atoms with Crippen LogP contribution in [-0.4, -0.2) is 16.8 Å². The van der Waals surface area contributed by atoms with Crippen LogP contribution in [0.4, 0.5) is 0 Å². The highest BCUT2D eigenvalue weighted by molar-refractivity contribution is 5.94. The predicted molar refractivity (Wildman–Crippen MR) is 118 cm³/mol. The number of hydrogen-bond acceptors (Lipinski definition) is 5. The van der Waals surface area contributed by atoms with Crippen LogP contribution in [0.3, 0.4) is 0 Å². The Hall–Kier alpha value is -3.38. The van der Waals surface area contributed by atoms with Crippen LogP contribution in [0.1, 0.15) is 46.7 Å². The Morgan fingerprint density at radius 3 is 2.39 bits per heavy atom. The maximum Gasteiger partial charge on any atom is 0.251 e. The van der Waals surface area contributed by atoms with Crippen molar-refractivity contribution in [2.75, 3.05) is 0 Å². The average Bonchev–Trinajstić information content (AvgIpc) is 3.15. The first-order chi connectivity index (χ1) is 15.0. The lowest BCUT2D eigenvalue weighted by Gasteiger charge is -2.14. The third-order valence-electron chi connectivity index (χ3n) is 5.17. The maximum absolute atomic E-state index is 12.4. The topological polar surface area (TPSA) is 71.8 Å². The highest BCUT2D eigenvalue weighted by Crippen LogP contribution is 2.24. The fraction of sp³-hybridized carbons (Fsp3) is 0.280. The van der Waals surface area contributed by atoms with Crippen molar-refractivity contribution >= 4 is 5.91 Å². The first kappa shape index (κ1) is 20.9. The summed E-state index contributed by atoms with van der Waals surface area (Å²) in [5.74, 6) is 0.681. The van der Waals surface area contributed by atoms with E-state index in [1.165, 1.54) is 23.5 Å². The quantitative estimate of drug-likeness (QED) is 0.631. The van der Waals surface area contributed by atoms with Gasteiger partial charge < -0.3 is 14.5 Å². The molecular weight excluding hydrogens is 392 g/mol. The molecule has 0 spiro atoms. The van der Waals surface area contributed by atoms with Crippen molar-refractivity contribution in [3.8, 4) is 5.75 Å². The molecule has 1 aliphatic rings. The molecule has 0 atom stereocenters. The average molecular weight is 418 g/mol. The summed E-state index contributed by atoms with van der Waals surface area (Å²) in [7, 11) is 0. The van der Waals surface area contributed by atoms with Gasteiger partial charge in [0.1, 0.15) is 18.6 Å². The van der Waals surface area contributed by atoms with Crippen molar-refractivity contribution in [3.63, 3.8) is 0 Å². The van der Waals surface area contributed by atoms with Crippen LogP contribution in [0.2, 0.25) is 0 Å². The summed E-state index contributed by atoms with van der Waals surface area (Å²) in [4.78, 5) is 26.7. The van der Waals surface area contributed by atoms with E-state index in [0.717, 1.165) is 18.7 Å². The normalized spacial score (nSPS) is 13.3. The van der Waals surface area contributed by atoms with Gasteiger partial charge in [0.15, 0.2) is 0 Å². The first-order valence-electron chi connectivity index (χ1n) is 10.4. The van der Waals surface area contributed by atoms with E-state index in [1.807, 2.05) is 38.1 Å². The summed E-state index contributed by atoms with van der Waals surface area (Å²) in [6, 6.07) is 17.1. The Labute approximate surface area is 181 Å². The molecule has 6 nitrogen and oxygen atoms in total. The number of nitrogens with zero attached hydrogens (tertiary/aromatic N) is 1. The summed E-state index contributed by atoms with van der Waals surface area (Å²) < 4.78 is 11.3. The van der Waals surface area contributed by atoms with Gasteiger partial charge in [0.05, 0.1) is 6.54 Å². The molecule has 1 aromatic heterocycles. The van der Waals surface area contributed by atoms with Gasteiger partial charge >= 0.3 is 0 Å². The van der Waals surface area contributed by atoms with E-state index in [2.05, 4.69) is 22.3 Å². The third kappa shape index (κ3) is 5.22. The van der Waals surface area contributed by atoms with Gasteiger partial charge in [-0.2, -0.15) is 0 Å². The molecular formula is C25H26N2O4. The predicted octanol–water partition coefficient (Wildman–Crippen LogP) is 3.87. The van der Waals surface area contributed by atoms with E-state index < -0.39 is 0 Å². The molecule has 0 bridgehead atoms. The molecule has 6 heteroatoms. The van der Waals surface area contributed by atoms with Crippen molar-refractivity contribution < 1.29 is 13.9 Å². The Morgan fingerprint density at radius 1 is 1.10 bits per heavy atom. The molecule has 0 radical (unpaired) electrons. The molecule has 160 valence electrons. The second-order valence-corrected chi connectivity index (χ2v) is 8.10. The van der Waals surface area contributed by atoms with Gasteiger partial charge in [-0.25, -0.2) is 0 Å². The Bertz CT molecular complexity index is 1090. The number of hydrogen-bond donors (Lipinski definition) is 1. The lowest BCUT2D eigenvalue weighted by atomic mass is 10.1. The maximum atomic E-state index is 12.4. The van der Waals surface area contributed by atoms with E-state index >= 15 is 0 Å². The molecule has 1 N–H and O–H groups in total. The monoisotopic (exact) mass is 418 g/mol. The fourth-order valence-corrected chi connectivity index (χ4v) is 3.62. The van der Waals surface area contributed by atoms with Crippen LogP contribution in [0.15, 0.2) is 70.1 Å². The molecule has 0 unspecified atom stereocenters. The Balaban J connectivity index is 1.33. The smallest absolute Gasteiger partial charge is 0.251 e. The molecule has 0 aliphatic carbocycles. The van der Waals surface area contributed by atoms with Gasteiger partial charge in [0.2, 0.25) is 11.2 Å². The summed E-state index contributed by atoms with van der Waals surface area (Å²) in [5.41, 5.74) is 3.88. The SMILES string of the molecule is CC(C)NC(=O)c1ccc(COc2coc(CN3Cc4ccccc4C3)cc2=O)cc1. The second-order valence-electron chi connectivity index (χ2n) is 8.10. The molecule has 1 amide bonds. The van der Waals surface area contributed by atoms with Crippen LogP contribution in [0.25, 0.3) is 0 Å². The van der Waals surface area contributed by atoms with Gasteiger partial charge in [0, 0.05) is 30.8 Å². The van der Waals surface area contributed by atoms with E-state index in [4.69, 9.17) is 9.15 Å². The van der Waals surface area contributed by atoms with Crippen LogP contribution >= 0.6 is 0 Å².